The highest BCUT2D eigenvalue weighted by atomic mass is 16.1. The van der Waals surface area contributed by atoms with Crippen LogP contribution in [0.5, 0.6) is 0 Å². The fourth-order valence-corrected chi connectivity index (χ4v) is 3.56. The zero-order chi connectivity index (χ0) is 17.1. The van der Waals surface area contributed by atoms with Crippen LogP contribution in [0.3, 0.4) is 0 Å². The first-order valence-corrected chi connectivity index (χ1v) is 8.70. The Balaban J connectivity index is 1.89. The first-order chi connectivity index (χ1) is 11.5. The number of nitrogens with zero attached hydrogens (tertiary/aromatic N) is 3. The quantitative estimate of drug-likeness (QED) is 0.849. The molecule has 128 valence electrons. The van der Waals surface area contributed by atoms with Crippen LogP contribution in [0.1, 0.15) is 37.2 Å². The Morgan fingerprint density at radius 3 is 2.71 bits per heavy atom. The Kier molecular flexibility index (Phi) is 5.00. The van der Waals surface area contributed by atoms with Gasteiger partial charge in [-0.15, -0.1) is 0 Å². The van der Waals surface area contributed by atoms with Gasteiger partial charge in [-0.05, 0) is 42.9 Å². The molecule has 1 aromatic heterocycles. The monoisotopic (exact) mass is 326 g/mol. The van der Waals surface area contributed by atoms with Gasteiger partial charge in [-0.2, -0.15) is 5.10 Å². The number of para-hydroxylation sites is 1. The molecule has 24 heavy (non-hydrogen) atoms. The third kappa shape index (κ3) is 3.67. The highest BCUT2D eigenvalue weighted by molar-refractivity contribution is 5.75. The van der Waals surface area contributed by atoms with Gasteiger partial charge in [0, 0.05) is 18.8 Å². The van der Waals surface area contributed by atoms with Crippen molar-refractivity contribution in [1.82, 2.24) is 14.7 Å². The van der Waals surface area contributed by atoms with Crippen molar-refractivity contribution in [3.63, 3.8) is 0 Å². The van der Waals surface area contributed by atoms with E-state index in [0.29, 0.717) is 12.5 Å². The zero-order valence-corrected chi connectivity index (χ0v) is 14.5. The first-order valence-electron chi connectivity index (χ1n) is 8.70. The molecular weight excluding hydrogens is 300 g/mol. The van der Waals surface area contributed by atoms with E-state index < -0.39 is 0 Å². The summed E-state index contributed by atoms with van der Waals surface area (Å²) in [7, 11) is 0. The number of hydrogen-bond donors (Lipinski definition) is 1. The van der Waals surface area contributed by atoms with Crippen LogP contribution in [0.15, 0.2) is 30.3 Å². The number of rotatable bonds is 7. The minimum atomic E-state index is -0.283. The molecule has 1 aromatic carbocycles. The number of hydrogen-bond acceptors (Lipinski definition) is 3. The smallest absolute Gasteiger partial charge is 0.231 e. The topological polar surface area (TPSA) is 64.2 Å². The van der Waals surface area contributed by atoms with Crippen LogP contribution >= 0.6 is 0 Å². The largest absolute Gasteiger partial charge is 0.369 e. The summed E-state index contributed by atoms with van der Waals surface area (Å²) in [5.41, 5.74) is 10.3. The lowest BCUT2D eigenvalue weighted by Crippen LogP contribution is -2.36. The second-order valence-corrected chi connectivity index (χ2v) is 7.00. The van der Waals surface area contributed by atoms with E-state index in [-0.39, 0.29) is 12.5 Å². The number of fused-ring (bicyclic) bond motifs is 1. The second kappa shape index (κ2) is 7.18. The third-order valence-corrected chi connectivity index (χ3v) is 4.39. The van der Waals surface area contributed by atoms with Gasteiger partial charge in [-0.25, -0.2) is 4.68 Å². The summed E-state index contributed by atoms with van der Waals surface area (Å²) in [5.74, 6) is 0.198. The fourth-order valence-electron chi connectivity index (χ4n) is 3.56. The van der Waals surface area contributed by atoms with Crippen LogP contribution in [-0.4, -0.2) is 33.7 Å². The van der Waals surface area contributed by atoms with Gasteiger partial charge in [0.1, 0.15) is 0 Å². The Morgan fingerprint density at radius 1 is 1.29 bits per heavy atom. The highest BCUT2D eigenvalue weighted by Crippen LogP contribution is 2.28. The maximum atomic E-state index is 11.4. The van der Waals surface area contributed by atoms with Crippen LogP contribution in [0, 0.1) is 5.92 Å². The number of carbonyl (C=O) groups is 1. The minimum absolute atomic E-state index is 0.283. The molecule has 1 aliphatic rings. The Morgan fingerprint density at radius 2 is 2.04 bits per heavy atom. The minimum Gasteiger partial charge on any atom is -0.369 e. The summed E-state index contributed by atoms with van der Waals surface area (Å²) in [6, 6.07) is 10.3. The van der Waals surface area contributed by atoms with E-state index in [0.717, 1.165) is 30.8 Å². The third-order valence-electron chi connectivity index (χ3n) is 4.39. The van der Waals surface area contributed by atoms with Crippen molar-refractivity contribution < 1.29 is 4.79 Å². The summed E-state index contributed by atoms with van der Waals surface area (Å²) in [6.45, 7) is 6.12. The maximum absolute atomic E-state index is 11.4. The van der Waals surface area contributed by atoms with Gasteiger partial charge < -0.3 is 5.73 Å². The Labute approximate surface area is 143 Å². The molecule has 3 rings (SSSR count). The van der Waals surface area contributed by atoms with E-state index in [1.54, 1.807) is 0 Å². The molecule has 0 saturated carbocycles. The fraction of sp³-hybridized carbons (Fsp3) is 0.474. The number of primary amides is 1. The molecule has 5 heteroatoms. The number of amides is 1. The Hall–Kier alpha value is -2.14. The Bertz CT molecular complexity index is 706. The van der Waals surface area contributed by atoms with Gasteiger partial charge in [0.05, 0.1) is 17.9 Å². The van der Waals surface area contributed by atoms with Crippen molar-refractivity contribution in [1.29, 1.82) is 0 Å². The van der Waals surface area contributed by atoms with Gasteiger partial charge in [0.25, 0.3) is 0 Å². The number of carbonyl (C=O) groups excluding carboxylic acids is 1. The molecule has 0 fully saturated rings. The molecule has 0 aliphatic heterocycles. The van der Waals surface area contributed by atoms with E-state index in [9.17, 15) is 4.79 Å². The number of aromatic nitrogens is 2. The molecule has 0 spiro atoms. The average Bonchev–Trinajstić information content (AvgIpc) is 3.10. The molecule has 0 atom stereocenters. The molecule has 1 amide bonds. The highest BCUT2D eigenvalue weighted by Gasteiger charge is 2.24. The van der Waals surface area contributed by atoms with Gasteiger partial charge in [0.15, 0.2) is 0 Å². The molecular formula is C19H26N4O. The van der Waals surface area contributed by atoms with Crippen LogP contribution < -0.4 is 5.73 Å². The van der Waals surface area contributed by atoms with Gasteiger partial charge in [0.2, 0.25) is 5.91 Å². The van der Waals surface area contributed by atoms with Crippen LogP contribution in [0.4, 0.5) is 0 Å². The molecule has 0 bridgehead atoms. The summed E-state index contributed by atoms with van der Waals surface area (Å²) in [5, 5.41) is 4.88. The summed E-state index contributed by atoms with van der Waals surface area (Å²) in [4.78, 5) is 13.5. The average molecular weight is 326 g/mol. The SMILES string of the molecule is CC(C)CN(CC(N)=O)Cc1nn(-c2ccccc2)c2c1CCC2. The molecule has 5 nitrogen and oxygen atoms in total. The number of nitrogens with two attached hydrogens (primary N) is 1. The normalized spacial score (nSPS) is 13.7. The summed E-state index contributed by atoms with van der Waals surface area (Å²) < 4.78 is 2.08. The molecule has 2 N–H and O–H groups in total. The van der Waals surface area contributed by atoms with Crippen molar-refractivity contribution >= 4 is 5.91 Å². The molecule has 1 aliphatic carbocycles. The van der Waals surface area contributed by atoms with E-state index in [1.165, 1.54) is 17.7 Å². The maximum Gasteiger partial charge on any atom is 0.231 e. The standard InChI is InChI=1S/C19H26N4O/c1-14(2)11-22(13-19(20)24)12-17-16-9-6-10-18(16)23(21-17)15-7-4-3-5-8-15/h3-5,7-8,14H,6,9-13H2,1-2H3,(H2,20,24). The lowest BCUT2D eigenvalue weighted by molar-refractivity contribution is -0.119. The van der Waals surface area contributed by atoms with Crippen LogP contribution in [-0.2, 0) is 24.2 Å². The van der Waals surface area contributed by atoms with Gasteiger partial charge >= 0.3 is 0 Å². The summed E-state index contributed by atoms with van der Waals surface area (Å²) >= 11 is 0. The first kappa shape index (κ1) is 16.7. The lowest BCUT2D eigenvalue weighted by atomic mass is 10.1. The van der Waals surface area contributed by atoms with Crippen molar-refractivity contribution in [2.45, 2.75) is 39.7 Å². The zero-order valence-electron chi connectivity index (χ0n) is 14.5. The molecule has 0 saturated heterocycles. The van der Waals surface area contributed by atoms with Crippen molar-refractivity contribution in [3.8, 4) is 5.69 Å². The van der Waals surface area contributed by atoms with Crippen molar-refractivity contribution in [2.75, 3.05) is 13.1 Å². The molecule has 0 unspecified atom stereocenters. The molecule has 0 radical (unpaired) electrons. The van der Waals surface area contributed by atoms with E-state index in [4.69, 9.17) is 10.8 Å². The predicted octanol–water partition coefficient (Wildman–Crippen LogP) is 2.30. The lowest BCUT2D eigenvalue weighted by Gasteiger charge is -2.22. The molecule has 1 heterocycles. The van der Waals surface area contributed by atoms with Crippen molar-refractivity contribution in [3.05, 3.63) is 47.3 Å². The summed E-state index contributed by atoms with van der Waals surface area (Å²) in [6.07, 6.45) is 3.31. The second-order valence-electron chi connectivity index (χ2n) is 7.00. The van der Waals surface area contributed by atoms with E-state index in [1.807, 2.05) is 18.2 Å². The van der Waals surface area contributed by atoms with Crippen LogP contribution in [0.25, 0.3) is 5.69 Å². The van der Waals surface area contributed by atoms with E-state index >= 15 is 0 Å². The molecule has 2 aromatic rings. The predicted molar refractivity (Wildman–Crippen MR) is 94.9 cm³/mol. The number of benzene rings is 1. The van der Waals surface area contributed by atoms with Crippen LogP contribution in [0.2, 0.25) is 0 Å². The van der Waals surface area contributed by atoms with Gasteiger partial charge in [-0.3, -0.25) is 9.69 Å². The van der Waals surface area contributed by atoms with Crippen molar-refractivity contribution in [2.24, 2.45) is 11.7 Å². The van der Waals surface area contributed by atoms with Gasteiger partial charge in [-0.1, -0.05) is 32.0 Å². The van der Waals surface area contributed by atoms with E-state index in [2.05, 4.69) is 35.6 Å².